The maximum absolute atomic E-state index is 13.8. The fraction of sp³-hybridized carbons (Fsp3) is 0.357. The summed E-state index contributed by atoms with van der Waals surface area (Å²) >= 11 is 0. The van der Waals surface area contributed by atoms with E-state index in [0.717, 1.165) is 6.07 Å². The first-order valence-corrected chi connectivity index (χ1v) is 5.93. The molecule has 0 aliphatic carbocycles. The van der Waals surface area contributed by atoms with E-state index in [1.165, 1.54) is 17.0 Å². The molecule has 102 valence electrons. The summed E-state index contributed by atoms with van der Waals surface area (Å²) in [5.41, 5.74) is 0.346. The van der Waals surface area contributed by atoms with Gasteiger partial charge in [0.2, 0.25) is 0 Å². The van der Waals surface area contributed by atoms with Gasteiger partial charge >= 0.3 is 0 Å². The van der Waals surface area contributed by atoms with E-state index in [1.54, 1.807) is 6.92 Å². The summed E-state index contributed by atoms with van der Waals surface area (Å²) in [6, 6.07) is 4.04. The van der Waals surface area contributed by atoms with E-state index in [1.807, 2.05) is 0 Å². The van der Waals surface area contributed by atoms with Gasteiger partial charge in [-0.05, 0) is 25.1 Å². The van der Waals surface area contributed by atoms with Gasteiger partial charge in [0.25, 0.3) is 5.91 Å². The van der Waals surface area contributed by atoms with Crippen molar-refractivity contribution in [3.8, 4) is 11.8 Å². The molecule has 0 heterocycles. The quantitative estimate of drug-likeness (QED) is 0.785. The molecule has 0 aliphatic heterocycles. The van der Waals surface area contributed by atoms with E-state index in [2.05, 4.69) is 11.8 Å². The molecule has 19 heavy (non-hydrogen) atoms. The van der Waals surface area contributed by atoms with Gasteiger partial charge in [-0.3, -0.25) is 4.79 Å². The van der Waals surface area contributed by atoms with Crippen LogP contribution in [0.15, 0.2) is 18.2 Å². The van der Waals surface area contributed by atoms with Crippen LogP contribution < -0.4 is 0 Å². The highest BCUT2D eigenvalue weighted by Gasteiger charge is 2.17. The lowest BCUT2D eigenvalue weighted by molar-refractivity contribution is 0.0727. The molecule has 0 fully saturated rings. The van der Waals surface area contributed by atoms with Gasteiger partial charge in [0.05, 0.1) is 12.2 Å². The van der Waals surface area contributed by atoms with Crippen LogP contribution in [0.4, 0.5) is 4.39 Å². The fourth-order valence-corrected chi connectivity index (χ4v) is 1.60. The van der Waals surface area contributed by atoms with Crippen molar-refractivity contribution in [2.75, 3.05) is 26.3 Å². The molecule has 1 aromatic carbocycles. The molecule has 1 amide bonds. The van der Waals surface area contributed by atoms with Crippen molar-refractivity contribution in [3.05, 3.63) is 35.1 Å². The van der Waals surface area contributed by atoms with Gasteiger partial charge in [0.15, 0.2) is 0 Å². The van der Waals surface area contributed by atoms with Crippen LogP contribution in [0.3, 0.4) is 0 Å². The molecule has 0 aliphatic rings. The summed E-state index contributed by atoms with van der Waals surface area (Å²) < 4.78 is 13.8. The lowest BCUT2D eigenvalue weighted by atomic mass is 10.1. The third-order valence-electron chi connectivity index (χ3n) is 2.55. The number of carbonyl (C=O) groups is 1. The molecule has 0 spiro atoms. The van der Waals surface area contributed by atoms with E-state index < -0.39 is 11.7 Å². The summed E-state index contributed by atoms with van der Waals surface area (Å²) in [6.07, 6.45) is 0. The Bertz CT molecular complexity index is 505. The van der Waals surface area contributed by atoms with E-state index in [9.17, 15) is 9.18 Å². The smallest absolute Gasteiger partial charge is 0.256 e. The van der Waals surface area contributed by atoms with Gasteiger partial charge in [0, 0.05) is 18.7 Å². The Morgan fingerprint density at radius 3 is 2.68 bits per heavy atom. The lowest BCUT2D eigenvalue weighted by Crippen LogP contribution is -2.33. The molecule has 0 saturated carbocycles. The maximum atomic E-state index is 13.8. The van der Waals surface area contributed by atoms with Crippen molar-refractivity contribution in [1.29, 1.82) is 0 Å². The number of aliphatic hydroxyl groups excluding tert-OH is 2. The summed E-state index contributed by atoms with van der Waals surface area (Å²) in [5, 5.41) is 17.4. The molecule has 5 heteroatoms. The van der Waals surface area contributed by atoms with Gasteiger partial charge in [-0.25, -0.2) is 4.39 Å². The zero-order valence-electron chi connectivity index (χ0n) is 10.7. The number of halogens is 1. The van der Waals surface area contributed by atoms with Crippen LogP contribution in [0.5, 0.6) is 0 Å². The van der Waals surface area contributed by atoms with Crippen LogP contribution >= 0.6 is 0 Å². The molecule has 1 rings (SSSR count). The minimum absolute atomic E-state index is 0.0511. The minimum Gasteiger partial charge on any atom is -0.395 e. The van der Waals surface area contributed by atoms with Crippen molar-refractivity contribution < 1.29 is 19.4 Å². The largest absolute Gasteiger partial charge is 0.395 e. The van der Waals surface area contributed by atoms with Crippen LogP contribution in [0.25, 0.3) is 0 Å². The van der Waals surface area contributed by atoms with Gasteiger partial charge in [-0.1, -0.05) is 11.8 Å². The Hall–Kier alpha value is -1.90. The summed E-state index contributed by atoms with van der Waals surface area (Å²) in [4.78, 5) is 13.4. The first-order chi connectivity index (χ1) is 9.13. The topological polar surface area (TPSA) is 60.8 Å². The molecule has 4 nitrogen and oxygen atoms in total. The Morgan fingerprint density at radius 1 is 1.42 bits per heavy atom. The second-order valence-corrected chi connectivity index (χ2v) is 3.76. The number of amides is 1. The van der Waals surface area contributed by atoms with Gasteiger partial charge in [-0.2, -0.15) is 0 Å². The number of carbonyl (C=O) groups excluding carboxylic acids is 1. The molecule has 1 aromatic rings. The number of aliphatic hydroxyl groups is 2. The zero-order chi connectivity index (χ0) is 14.3. The second kappa shape index (κ2) is 7.52. The first kappa shape index (κ1) is 15.2. The zero-order valence-corrected chi connectivity index (χ0v) is 10.7. The van der Waals surface area contributed by atoms with Crippen molar-refractivity contribution in [2.24, 2.45) is 0 Å². The highest BCUT2D eigenvalue weighted by molar-refractivity contribution is 5.94. The monoisotopic (exact) mass is 265 g/mol. The Kier molecular flexibility index (Phi) is 6.00. The highest BCUT2D eigenvalue weighted by Crippen LogP contribution is 2.12. The van der Waals surface area contributed by atoms with E-state index in [4.69, 9.17) is 10.2 Å². The Morgan fingerprint density at radius 2 is 2.16 bits per heavy atom. The molecule has 0 atom stereocenters. The number of hydrogen-bond donors (Lipinski definition) is 2. The SMILES string of the molecule is CCN(CCO)C(=O)c1ccc(C#CCO)cc1F. The van der Waals surface area contributed by atoms with Crippen molar-refractivity contribution in [1.82, 2.24) is 4.90 Å². The predicted molar refractivity (Wildman–Crippen MR) is 69.0 cm³/mol. The Balaban J connectivity index is 2.98. The number of nitrogens with zero attached hydrogens (tertiary/aromatic N) is 1. The molecule has 2 N–H and O–H groups in total. The van der Waals surface area contributed by atoms with Crippen LogP contribution in [-0.2, 0) is 0 Å². The van der Waals surface area contributed by atoms with Gasteiger partial charge in [0.1, 0.15) is 12.4 Å². The summed E-state index contributed by atoms with van der Waals surface area (Å²) in [7, 11) is 0. The van der Waals surface area contributed by atoms with E-state index >= 15 is 0 Å². The van der Waals surface area contributed by atoms with Crippen molar-refractivity contribution in [2.45, 2.75) is 6.92 Å². The fourth-order valence-electron chi connectivity index (χ4n) is 1.60. The molecule has 0 aromatic heterocycles. The third-order valence-corrected chi connectivity index (χ3v) is 2.55. The molecule has 0 radical (unpaired) electrons. The molecular formula is C14H16FNO3. The average Bonchev–Trinajstić information content (AvgIpc) is 2.42. The van der Waals surface area contributed by atoms with E-state index in [0.29, 0.717) is 12.1 Å². The standard InChI is InChI=1S/C14H16FNO3/c1-2-16(7-9-18)14(19)12-6-5-11(4-3-8-17)10-13(12)15/h5-6,10,17-18H,2,7-9H2,1H3. The molecule has 0 saturated heterocycles. The van der Waals surface area contributed by atoms with Crippen molar-refractivity contribution in [3.63, 3.8) is 0 Å². The molecule has 0 bridgehead atoms. The van der Waals surface area contributed by atoms with Gasteiger partial charge < -0.3 is 15.1 Å². The predicted octanol–water partition coefficient (Wildman–Crippen LogP) is 0.624. The van der Waals surface area contributed by atoms with Crippen LogP contribution in [0, 0.1) is 17.7 Å². The number of hydrogen-bond acceptors (Lipinski definition) is 3. The summed E-state index contributed by atoms with van der Waals surface area (Å²) in [6.45, 7) is 1.85. The Labute approximate surface area is 111 Å². The van der Waals surface area contributed by atoms with Gasteiger partial charge in [-0.15, -0.1) is 0 Å². The first-order valence-electron chi connectivity index (χ1n) is 5.93. The maximum Gasteiger partial charge on any atom is 0.256 e. The lowest BCUT2D eigenvalue weighted by Gasteiger charge is -2.19. The van der Waals surface area contributed by atoms with Crippen LogP contribution in [0.1, 0.15) is 22.8 Å². The number of rotatable bonds is 4. The minimum atomic E-state index is -0.661. The second-order valence-electron chi connectivity index (χ2n) is 3.76. The van der Waals surface area contributed by atoms with Crippen LogP contribution in [-0.4, -0.2) is 47.3 Å². The van der Waals surface area contributed by atoms with E-state index in [-0.39, 0.29) is 25.3 Å². The average molecular weight is 265 g/mol. The normalized spacial score (nSPS) is 9.68. The highest BCUT2D eigenvalue weighted by atomic mass is 19.1. The molecule has 0 unspecified atom stereocenters. The number of benzene rings is 1. The third kappa shape index (κ3) is 4.05. The summed E-state index contributed by atoms with van der Waals surface area (Å²) in [5.74, 6) is 3.85. The molecular weight excluding hydrogens is 249 g/mol. The van der Waals surface area contributed by atoms with Crippen molar-refractivity contribution >= 4 is 5.91 Å². The van der Waals surface area contributed by atoms with Crippen LogP contribution in [0.2, 0.25) is 0 Å². The number of likely N-dealkylation sites (N-methyl/N-ethyl adjacent to an activating group) is 1.